The zero-order valence-corrected chi connectivity index (χ0v) is 13.3. The van der Waals surface area contributed by atoms with Gasteiger partial charge in [0.2, 0.25) is 0 Å². The number of rotatable bonds is 5. The summed E-state index contributed by atoms with van der Waals surface area (Å²) in [5, 5.41) is 12.6. The molecule has 0 spiro atoms. The molecule has 0 bridgehead atoms. The van der Waals surface area contributed by atoms with Crippen LogP contribution in [0.1, 0.15) is 26.2 Å². The summed E-state index contributed by atoms with van der Waals surface area (Å²) in [6, 6.07) is 14.6. The second-order valence-corrected chi connectivity index (χ2v) is 6.59. The monoisotopic (exact) mass is 299 g/mol. The summed E-state index contributed by atoms with van der Waals surface area (Å²) in [6.45, 7) is 5.51. The molecule has 1 aliphatic rings. The summed E-state index contributed by atoms with van der Waals surface area (Å²) < 4.78 is 5.87. The summed E-state index contributed by atoms with van der Waals surface area (Å²) in [5.41, 5.74) is -0.516. The van der Waals surface area contributed by atoms with Gasteiger partial charge in [-0.2, -0.15) is 0 Å². The van der Waals surface area contributed by atoms with E-state index in [1.54, 1.807) is 0 Å². The molecule has 1 N–H and O–H groups in total. The fourth-order valence-electron chi connectivity index (χ4n) is 3.25. The van der Waals surface area contributed by atoms with Gasteiger partial charge in [-0.3, -0.25) is 0 Å². The van der Waals surface area contributed by atoms with Crippen molar-refractivity contribution in [1.29, 1.82) is 0 Å². The molecule has 0 amide bonds. The molecule has 3 rings (SSSR count). The number of benzene rings is 2. The first kappa shape index (κ1) is 15.3. The van der Waals surface area contributed by atoms with Crippen LogP contribution in [0, 0.1) is 0 Å². The van der Waals surface area contributed by atoms with E-state index >= 15 is 0 Å². The lowest BCUT2D eigenvalue weighted by Gasteiger charge is -2.36. The van der Waals surface area contributed by atoms with Crippen LogP contribution < -0.4 is 4.74 Å². The largest absolute Gasteiger partial charge is 0.494 e. The van der Waals surface area contributed by atoms with Crippen molar-refractivity contribution < 1.29 is 9.84 Å². The highest BCUT2D eigenvalue weighted by Crippen LogP contribution is 2.22. The second kappa shape index (κ2) is 6.67. The van der Waals surface area contributed by atoms with E-state index < -0.39 is 5.60 Å². The average Bonchev–Trinajstić information content (AvgIpc) is 2.50. The Morgan fingerprint density at radius 2 is 2.00 bits per heavy atom. The highest BCUT2D eigenvalue weighted by Gasteiger charge is 2.27. The molecule has 2 aromatic rings. The quantitative estimate of drug-likeness (QED) is 0.858. The van der Waals surface area contributed by atoms with Gasteiger partial charge >= 0.3 is 0 Å². The number of β-amino-alcohol motifs (C(OH)–C–C–N with tert-alkyl or cyclic N) is 1. The van der Waals surface area contributed by atoms with E-state index in [0.29, 0.717) is 0 Å². The van der Waals surface area contributed by atoms with Crippen LogP contribution in [0.2, 0.25) is 0 Å². The van der Waals surface area contributed by atoms with E-state index in [0.717, 1.165) is 51.3 Å². The van der Waals surface area contributed by atoms with Gasteiger partial charge in [-0.25, -0.2) is 0 Å². The summed E-state index contributed by atoms with van der Waals surface area (Å²) >= 11 is 0. The Kier molecular flexibility index (Phi) is 4.65. The van der Waals surface area contributed by atoms with Crippen molar-refractivity contribution in [2.45, 2.75) is 31.8 Å². The molecule has 118 valence electrons. The second-order valence-electron chi connectivity index (χ2n) is 6.59. The zero-order chi connectivity index (χ0) is 15.4. The molecule has 3 heteroatoms. The van der Waals surface area contributed by atoms with E-state index in [-0.39, 0.29) is 0 Å². The molecular formula is C19H25NO2. The molecule has 22 heavy (non-hydrogen) atoms. The number of likely N-dealkylation sites (tertiary alicyclic amines) is 1. The van der Waals surface area contributed by atoms with Crippen molar-refractivity contribution in [1.82, 2.24) is 4.90 Å². The molecule has 1 atom stereocenters. The highest BCUT2D eigenvalue weighted by atomic mass is 16.5. The van der Waals surface area contributed by atoms with Gasteiger partial charge in [0.15, 0.2) is 0 Å². The smallest absolute Gasteiger partial charge is 0.119 e. The standard InChI is InChI=1S/C19H25NO2/c1-19(21)10-4-11-20(15-19)12-5-13-22-18-9-8-16-6-2-3-7-17(16)14-18/h2-3,6-9,14,21H,4-5,10-13,15H2,1H3. The van der Waals surface area contributed by atoms with E-state index in [9.17, 15) is 5.11 Å². The Morgan fingerprint density at radius 3 is 2.82 bits per heavy atom. The van der Waals surface area contributed by atoms with E-state index in [4.69, 9.17) is 4.74 Å². The minimum atomic E-state index is -0.516. The lowest BCUT2D eigenvalue weighted by Crippen LogP contribution is -2.46. The van der Waals surface area contributed by atoms with Crippen LogP contribution in [-0.4, -0.2) is 41.8 Å². The molecular weight excluding hydrogens is 274 g/mol. The van der Waals surface area contributed by atoms with Gasteiger partial charge in [0.25, 0.3) is 0 Å². The average molecular weight is 299 g/mol. The van der Waals surface area contributed by atoms with Gasteiger partial charge in [0.1, 0.15) is 5.75 Å². The van der Waals surface area contributed by atoms with Gasteiger partial charge in [-0.05, 0) is 55.6 Å². The summed E-state index contributed by atoms with van der Waals surface area (Å²) in [4.78, 5) is 2.34. The molecule has 3 nitrogen and oxygen atoms in total. The van der Waals surface area contributed by atoms with E-state index in [1.807, 2.05) is 19.1 Å². The van der Waals surface area contributed by atoms with Crippen molar-refractivity contribution in [2.24, 2.45) is 0 Å². The summed E-state index contributed by atoms with van der Waals surface area (Å²) in [7, 11) is 0. The zero-order valence-electron chi connectivity index (χ0n) is 13.3. The third-order valence-electron chi connectivity index (χ3n) is 4.36. The minimum absolute atomic E-state index is 0.516. The summed E-state index contributed by atoms with van der Waals surface area (Å²) in [5.74, 6) is 0.935. The number of piperidine rings is 1. The predicted molar refractivity (Wildman–Crippen MR) is 90.4 cm³/mol. The van der Waals surface area contributed by atoms with Crippen molar-refractivity contribution in [3.63, 3.8) is 0 Å². The molecule has 0 aliphatic carbocycles. The van der Waals surface area contributed by atoms with Crippen LogP contribution in [0.4, 0.5) is 0 Å². The van der Waals surface area contributed by atoms with Crippen molar-refractivity contribution in [3.8, 4) is 5.75 Å². The van der Waals surface area contributed by atoms with Crippen LogP contribution in [-0.2, 0) is 0 Å². The predicted octanol–water partition coefficient (Wildman–Crippen LogP) is 3.46. The number of hydrogen-bond donors (Lipinski definition) is 1. The van der Waals surface area contributed by atoms with Crippen molar-refractivity contribution in [2.75, 3.05) is 26.2 Å². The Balaban J connectivity index is 1.46. The van der Waals surface area contributed by atoms with Gasteiger partial charge in [-0.15, -0.1) is 0 Å². The Labute approximate surface area is 132 Å². The molecule has 1 aliphatic heterocycles. The van der Waals surface area contributed by atoms with Crippen LogP contribution in [0.5, 0.6) is 5.75 Å². The van der Waals surface area contributed by atoms with Gasteiger partial charge in [0, 0.05) is 13.1 Å². The van der Waals surface area contributed by atoms with Gasteiger partial charge in [0.05, 0.1) is 12.2 Å². The third-order valence-corrected chi connectivity index (χ3v) is 4.36. The number of ether oxygens (including phenoxy) is 1. The molecule has 0 saturated carbocycles. The van der Waals surface area contributed by atoms with E-state index in [2.05, 4.69) is 35.2 Å². The Hall–Kier alpha value is -1.58. The number of fused-ring (bicyclic) bond motifs is 1. The Morgan fingerprint density at radius 1 is 1.18 bits per heavy atom. The number of hydrogen-bond acceptors (Lipinski definition) is 3. The minimum Gasteiger partial charge on any atom is -0.494 e. The first-order chi connectivity index (χ1) is 10.6. The normalized spacial score (nSPS) is 22.8. The molecule has 2 aromatic carbocycles. The molecule has 1 unspecified atom stereocenters. The van der Waals surface area contributed by atoms with Crippen molar-refractivity contribution in [3.05, 3.63) is 42.5 Å². The maximum atomic E-state index is 10.1. The van der Waals surface area contributed by atoms with Crippen LogP contribution in [0.25, 0.3) is 10.8 Å². The summed E-state index contributed by atoms with van der Waals surface area (Å²) in [6.07, 6.45) is 2.98. The lowest BCUT2D eigenvalue weighted by molar-refractivity contribution is -0.0165. The Bertz CT molecular complexity index is 624. The third kappa shape index (κ3) is 3.99. The van der Waals surface area contributed by atoms with Crippen LogP contribution >= 0.6 is 0 Å². The molecule has 1 fully saturated rings. The SMILES string of the molecule is CC1(O)CCCN(CCCOc2ccc3ccccc3c2)C1. The molecule has 0 aromatic heterocycles. The van der Waals surface area contributed by atoms with E-state index in [1.165, 1.54) is 10.8 Å². The maximum Gasteiger partial charge on any atom is 0.119 e. The number of nitrogens with zero attached hydrogens (tertiary/aromatic N) is 1. The fraction of sp³-hybridized carbons (Fsp3) is 0.474. The van der Waals surface area contributed by atoms with Gasteiger partial charge < -0.3 is 14.7 Å². The number of aliphatic hydroxyl groups is 1. The van der Waals surface area contributed by atoms with Crippen LogP contribution in [0.3, 0.4) is 0 Å². The highest BCUT2D eigenvalue weighted by molar-refractivity contribution is 5.83. The molecule has 0 radical (unpaired) electrons. The van der Waals surface area contributed by atoms with Gasteiger partial charge in [-0.1, -0.05) is 30.3 Å². The maximum absolute atomic E-state index is 10.1. The van der Waals surface area contributed by atoms with Crippen molar-refractivity contribution >= 4 is 10.8 Å². The topological polar surface area (TPSA) is 32.7 Å². The molecule has 1 saturated heterocycles. The lowest BCUT2D eigenvalue weighted by atomic mass is 9.95. The first-order valence-corrected chi connectivity index (χ1v) is 8.19. The molecule has 1 heterocycles. The van der Waals surface area contributed by atoms with Crippen LogP contribution in [0.15, 0.2) is 42.5 Å². The first-order valence-electron chi connectivity index (χ1n) is 8.19. The fourth-order valence-corrected chi connectivity index (χ4v) is 3.25.